The Morgan fingerprint density at radius 3 is 2.52 bits per heavy atom. The van der Waals surface area contributed by atoms with E-state index in [0.717, 1.165) is 11.4 Å². The Morgan fingerprint density at radius 2 is 1.97 bits per heavy atom. The molecule has 2 amide bonds. The zero-order valence-corrected chi connectivity index (χ0v) is 19.1. The molecule has 5 atom stereocenters. The van der Waals surface area contributed by atoms with Gasteiger partial charge in [-0.3, -0.25) is 9.59 Å². The van der Waals surface area contributed by atoms with Crippen LogP contribution in [0.2, 0.25) is 5.02 Å². The molecule has 2 bridgehead atoms. The molecule has 164 valence electrons. The molecule has 1 saturated carbocycles. The summed E-state index contributed by atoms with van der Waals surface area (Å²) >= 11 is 9.76. The highest BCUT2D eigenvalue weighted by atomic mass is 79.9. The van der Waals surface area contributed by atoms with E-state index in [1.807, 2.05) is 12.2 Å². The molecule has 1 aromatic carbocycles. The maximum absolute atomic E-state index is 12.8. The minimum Gasteiger partial charge on any atom is -0.490 e. The molecule has 1 aliphatic heterocycles. The van der Waals surface area contributed by atoms with Crippen LogP contribution in [-0.2, 0) is 14.4 Å². The van der Waals surface area contributed by atoms with E-state index in [1.54, 1.807) is 13.0 Å². The number of hydrazone groups is 1. The molecule has 0 radical (unpaired) electrons. The number of imide groups is 1. The Balaban J connectivity index is 1.63. The minimum absolute atomic E-state index is 0.0768. The van der Waals surface area contributed by atoms with Crippen molar-refractivity contribution in [3.63, 3.8) is 0 Å². The first kappa shape index (κ1) is 21.8. The molecular formula is C21H20BrClN2O6. The second kappa shape index (κ2) is 8.27. The molecule has 1 N–H and O–H groups in total. The molecule has 2 aliphatic carbocycles. The van der Waals surface area contributed by atoms with E-state index < -0.39 is 12.1 Å². The van der Waals surface area contributed by atoms with Crippen LogP contribution in [0.3, 0.4) is 0 Å². The number of carboxylic acid groups (broad SMARTS) is 1. The SMILES string of the molecule is CCOc1cc(C=NN2C(=O)[C@@H]3[C@H](C2=O)[C@H]2C=C[C@H]3C2)c(Br)c(Cl)c1O[C@@H](C)C(=O)O. The normalized spacial score (nSPS) is 27.3. The van der Waals surface area contributed by atoms with Crippen LogP contribution in [0.5, 0.6) is 11.5 Å². The van der Waals surface area contributed by atoms with Gasteiger partial charge in [0.25, 0.3) is 11.8 Å². The maximum Gasteiger partial charge on any atom is 0.344 e. The third-order valence-corrected chi connectivity index (χ3v) is 7.30. The molecule has 2 fully saturated rings. The average molecular weight is 512 g/mol. The summed E-state index contributed by atoms with van der Waals surface area (Å²) < 4.78 is 11.4. The number of benzene rings is 1. The van der Waals surface area contributed by atoms with Crippen molar-refractivity contribution >= 4 is 51.5 Å². The van der Waals surface area contributed by atoms with Gasteiger partial charge in [-0.05, 0) is 54.1 Å². The van der Waals surface area contributed by atoms with E-state index in [-0.39, 0.29) is 58.6 Å². The van der Waals surface area contributed by atoms with Gasteiger partial charge in [0.05, 0.1) is 24.7 Å². The summed E-state index contributed by atoms with van der Waals surface area (Å²) in [5.41, 5.74) is 0.447. The summed E-state index contributed by atoms with van der Waals surface area (Å²) in [6.07, 6.45) is 5.10. The summed E-state index contributed by atoms with van der Waals surface area (Å²) in [5.74, 6) is -1.89. The molecule has 0 unspecified atom stereocenters. The number of halogens is 2. The van der Waals surface area contributed by atoms with Crippen LogP contribution in [0.15, 0.2) is 27.8 Å². The number of carbonyl (C=O) groups excluding carboxylic acids is 2. The topological polar surface area (TPSA) is 106 Å². The molecule has 10 heteroatoms. The third-order valence-electron chi connectivity index (χ3n) is 5.86. The van der Waals surface area contributed by atoms with Crippen molar-refractivity contribution in [3.05, 3.63) is 33.3 Å². The van der Waals surface area contributed by atoms with Gasteiger partial charge in [0.2, 0.25) is 0 Å². The van der Waals surface area contributed by atoms with E-state index in [4.69, 9.17) is 26.2 Å². The third kappa shape index (κ3) is 3.63. The molecule has 4 rings (SSSR count). The summed E-state index contributed by atoms with van der Waals surface area (Å²) in [5, 5.41) is 14.3. The van der Waals surface area contributed by atoms with Gasteiger partial charge in [-0.15, -0.1) is 0 Å². The number of allylic oxidation sites excluding steroid dienone is 2. The molecule has 1 aromatic rings. The lowest BCUT2D eigenvalue weighted by Crippen LogP contribution is -2.28. The van der Waals surface area contributed by atoms with Crippen LogP contribution >= 0.6 is 27.5 Å². The zero-order valence-electron chi connectivity index (χ0n) is 16.7. The largest absolute Gasteiger partial charge is 0.490 e. The van der Waals surface area contributed by atoms with Gasteiger partial charge < -0.3 is 14.6 Å². The molecule has 8 nitrogen and oxygen atoms in total. The quantitative estimate of drug-likeness (QED) is 0.341. The number of ether oxygens (including phenoxy) is 2. The highest BCUT2D eigenvalue weighted by molar-refractivity contribution is 9.10. The van der Waals surface area contributed by atoms with Crippen molar-refractivity contribution in [1.82, 2.24) is 5.01 Å². The summed E-state index contributed by atoms with van der Waals surface area (Å²) in [7, 11) is 0. The fourth-order valence-electron chi connectivity index (χ4n) is 4.42. The number of carbonyl (C=O) groups is 3. The number of hydrogen-bond donors (Lipinski definition) is 1. The van der Waals surface area contributed by atoms with E-state index in [9.17, 15) is 14.4 Å². The van der Waals surface area contributed by atoms with Gasteiger partial charge in [-0.2, -0.15) is 10.1 Å². The van der Waals surface area contributed by atoms with Gasteiger partial charge in [0.15, 0.2) is 17.6 Å². The van der Waals surface area contributed by atoms with E-state index >= 15 is 0 Å². The lowest BCUT2D eigenvalue weighted by Gasteiger charge is -2.18. The first-order valence-electron chi connectivity index (χ1n) is 9.88. The molecule has 3 aliphatic rings. The molecule has 0 aromatic heterocycles. The predicted octanol–water partition coefficient (Wildman–Crippen LogP) is 3.49. The lowest BCUT2D eigenvalue weighted by molar-refractivity contribution is -0.144. The van der Waals surface area contributed by atoms with Crippen LogP contribution in [0, 0.1) is 23.7 Å². The fourth-order valence-corrected chi connectivity index (χ4v) is 5.06. The standard InChI is InChI=1S/C21H20BrClN2O6/c1-3-30-13-7-12(16(22)17(23)18(13)31-9(2)21(28)29)8-24-25-19(26)14-10-4-5-11(6-10)15(14)20(25)27/h4-5,7-11,14-15H,3,6H2,1-2H3,(H,28,29)/t9-,10-,11-,14-,15+/m0/s1. The van der Waals surface area contributed by atoms with Gasteiger partial charge in [-0.25, -0.2) is 4.79 Å². The maximum atomic E-state index is 12.8. The lowest BCUT2D eigenvalue weighted by atomic mass is 9.85. The van der Waals surface area contributed by atoms with E-state index in [1.165, 1.54) is 13.1 Å². The molecule has 31 heavy (non-hydrogen) atoms. The number of fused-ring (bicyclic) bond motifs is 5. The van der Waals surface area contributed by atoms with Gasteiger partial charge in [0, 0.05) is 10.0 Å². The first-order chi connectivity index (χ1) is 14.7. The smallest absolute Gasteiger partial charge is 0.344 e. The first-order valence-corrected chi connectivity index (χ1v) is 11.1. The van der Waals surface area contributed by atoms with Crippen molar-refractivity contribution in [1.29, 1.82) is 0 Å². The number of amides is 2. The van der Waals surface area contributed by atoms with Crippen LogP contribution < -0.4 is 9.47 Å². The van der Waals surface area contributed by atoms with Crippen molar-refractivity contribution in [2.75, 3.05) is 6.61 Å². The zero-order chi connectivity index (χ0) is 22.4. The second-order valence-corrected chi connectivity index (χ2v) is 8.86. The Morgan fingerprint density at radius 1 is 1.35 bits per heavy atom. The highest BCUT2D eigenvalue weighted by Crippen LogP contribution is 2.52. The van der Waals surface area contributed by atoms with Crippen molar-refractivity contribution in [2.45, 2.75) is 26.4 Å². The van der Waals surface area contributed by atoms with Crippen molar-refractivity contribution in [2.24, 2.45) is 28.8 Å². The fraction of sp³-hybridized carbons (Fsp3) is 0.429. The Labute approximate surface area is 192 Å². The number of carboxylic acids is 1. The van der Waals surface area contributed by atoms with Gasteiger partial charge in [0.1, 0.15) is 5.02 Å². The second-order valence-electron chi connectivity index (χ2n) is 7.69. The minimum atomic E-state index is -1.15. The Bertz CT molecular complexity index is 996. The van der Waals surface area contributed by atoms with Crippen LogP contribution in [0.4, 0.5) is 0 Å². The average Bonchev–Trinajstić information content (AvgIpc) is 3.41. The van der Waals surface area contributed by atoms with Gasteiger partial charge >= 0.3 is 5.97 Å². The summed E-state index contributed by atoms with van der Waals surface area (Å²) in [6, 6.07) is 1.56. The number of rotatable bonds is 7. The van der Waals surface area contributed by atoms with Crippen molar-refractivity contribution < 1.29 is 29.0 Å². The monoisotopic (exact) mass is 510 g/mol. The van der Waals surface area contributed by atoms with Crippen LogP contribution in [0.1, 0.15) is 25.8 Å². The Kier molecular flexibility index (Phi) is 5.83. The van der Waals surface area contributed by atoms with Crippen LogP contribution in [-0.4, -0.2) is 46.8 Å². The van der Waals surface area contributed by atoms with Crippen LogP contribution in [0.25, 0.3) is 0 Å². The molecule has 1 heterocycles. The number of hydrogen-bond acceptors (Lipinski definition) is 6. The number of aliphatic carboxylic acids is 1. The van der Waals surface area contributed by atoms with Crippen molar-refractivity contribution in [3.8, 4) is 11.5 Å². The predicted molar refractivity (Wildman–Crippen MR) is 115 cm³/mol. The highest BCUT2D eigenvalue weighted by Gasteiger charge is 2.59. The van der Waals surface area contributed by atoms with E-state index in [0.29, 0.717) is 10.0 Å². The van der Waals surface area contributed by atoms with E-state index in [2.05, 4.69) is 21.0 Å². The molecule has 0 spiro atoms. The summed E-state index contributed by atoms with van der Waals surface area (Å²) in [6.45, 7) is 3.42. The Hall–Kier alpha value is -2.39. The summed E-state index contributed by atoms with van der Waals surface area (Å²) in [4.78, 5) is 36.7. The molecule has 1 saturated heterocycles. The van der Waals surface area contributed by atoms with Gasteiger partial charge in [-0.1, -0.05) is 23.8 Å². The number of nitrogens with zero attached hydrogens (tertiary/aromatic N) is 2. The molecular weight excluding hydrogens is 492 g/mol.